The van der Waals surface area contributed by atoms with Gasteiger partial charge in [-0.2, -0.15) is 0 Å². The van der Waals surface area contributed by atoms with E-state index in [1.165, 1.54) is 19.2 Å². The molecule has 0 amide bonds. The maximum atomic E-state index is 10.6. The molecule has 0 saturated heterocycles. The fourth-order valence-corrected chi connectivity index (χ4v) is 1.46. The molecule has 0 aliphatic heterocycles. The Morgan fingerprint density at radius 3 is 2.87 bits per heavy atom. The van der Waals surface area contributed by atoms with E-state index in [1.807, 2.05) is 0 Å². The number of hydrogen-bond acceptors (Lipinski definition) is 4. The average molecular weight is 207 g/mol. The molecule has 0 radical (unpaired) electrons. The van der Waals surface area contributed by atoms with E-state index >= 15 is 0 Å². The van der Waals surface area contributed by atoms with Crippen molar-refractivity contribution >= 4 is 16.7 Å². The number of non-ortho nitro benzene ring substituents is 1. The molecular formula is C9H9N3O3. The summed E-state index contributed by atoms with van der Waals surface area (Å²) in [6.07, 6.45) is 0. The first-order valence-corrected chi connectivity index (χ1v) is 4.30. The second-order valence-corrected chi connectivity index (χ2v) is 3.12. The standard InChI is InChI=1S/C9H9N3O3/c1-5-10-7-3-6(12(13)14)4-8(15-2)9(7)11-5/h3-4H,1-2H3,(H,10,11). The van der Waals surface area contributed by atoms with Gasteiger partial charge in [0.15, 0.2) is 5.75 Å². The molecule has 0 atom stereocenters. The first-order chi connectivity index (χ1) is 7.11. The maximum Gasteiger partial charge on any atom is 0.275 e. The number of aryl methyl sites for hydroxylation is 1. The lowest BCUT2D eigenvalue weighted by Gasteiger charge is -1.99. The number of imidazole rings is 1. The summed E-state index contributed by atoms with van der Waals surface area (Å²) in [5.41, 5.74) is 1.21. The number of nitrogens with zero attached hydrogens (tertiary/aromatic N) is 2. The zero-order valence-corrected chi connectivity index (χ0v) is 8.27. The zero-order valence-electron chi connectivity index (χ0n) is 8.27. The molecule has 0 aliphatic rings. The van der Waals surface area contributed by atoms with Gasteiger partial charge in [-0.25, -0.2) is 4.98 Å². The summed E-state index contributed by atoms with van der Waals surface area (Å²) >= 11 is 0. The minimum Gasteiger partial charge on any atom is -0.494 e. The fourth-order valence-electron chi connectivity index (χ4n) is 1.46. The van der Waals surface area contributed by atoms with E-state index in [0.29, 0.717) is 22.6 Å². The largest absolute Gasteiger partial charge is 0.494 e. The number of ether oxygens (including phenoxy) is 1. The normalized spacial score (nSPS) is 10.5. The molecule has 0 aliphatic carbocycles. The van der Waals surface area contributed by atoms with Crippen LogP contribution in [-0.4, -0.2) is 22.0 Å². The van der Waals surface area contributed by atoms with Crippen molar-refractivity contribution in [1.82, 2.24) is 9.97 Å². The number of methoxy groups -OCH3 is 1. The topological polar surface area (TPSA) is 81.0 Å². The van der Waals surface area contributed by atoms with Gasteiger partial charge in [-0.15, -0.1) is 0 Å². The van der Waals surface area contributed by atoms with Crippen LogP contribution in [0.4, 0.5) is 5.69 Å². The van der Waals surface area contributed by atoms with Gasteiger partial charge < -0.3 is 9.72 Å². The molecule has 1 N–H and O–H groups in total. The van der Waals surface area contributed by atoms with E-state index in [2.05, 4.69) is 9.97 Å². The molecule has 2 rings (SSSR count). The Bertz CT molecular complexity index is 533. The Labute approximate surface area is 85.0 Å². The minimum atomic E-state index is -0.460. The summed E-state index contributed by atoms with van der Waals surface area (Å²) in [4.78, 5) is 17.3. The van der Waals surface area contributed by atoms with E-state index in [-0.39, 0.29) is 5.69 Å². The summed E-state index contributed by atoms with van der Waals surface area (Å²) in [6.45, 7) is 1.78. The number of H-pyrrole nitrogens is 1. The SMILES string of the molecule is COc1cc([N+](=O)[O-])cc2[nH]c(C)nc12. The second-order valence-electron chi connectivity index (χ2n) is 3.12. The molecule has 1 heterocycles. The highest BCUT2D eigenvalue weighted by atomic mass is 16.6. The van der Waals surface area contributed by atoms with Gasteiger partial charge in [0.25, 0.3) is 5.69 Å². The molecule has 0 fully saturated rings. The highest BCUT2D eigenvalue weighted by Crippen LogP contribution is 2.29. The van der Waals surface area contributed by atoms with E-state index in [4.69, 9.17) is 4.74 Å². The van der Waals surface area contributed by atoms with Crippen LogP contribution < -0.4 is 4.74 Å². The first kappa shape index (κ1) is 9.45. The van der Waals surface area contributed by atoms with Gasteiger partial charge in [0.1, 0.15) is 11.3 Å². The maximum absolute atomic E-state index is 10.6. The summed E-state index contributed by atoms with van der Waals surface area (Å²) in [5.74, 6) is 1.10. The van der Waals surface area contributed by atoms with E-state index < -0.39 is 4.92 Å². The summed E-state index contributed by atoms with van der Waals surface area (Å²) in [7, 11) is 1.46. The Morgan fingerprint density at radius 2 is 2.27 bits per heavy atom. The van der Waals surface area contributed by atoms with Crippen LogP contribution in [0.3, 0.4) is 0 Å². The molecule has 15 heavy (non-hydrogen) atoms. The smallest absolute Gasteiger partial charge is 0.275 e. The predicted octanol–water partition coefficient (Wildman–Crippen LogP) is 1.79. The van der Waals surface area contributed by atoms with Crippen LogP contribution >= 0.6 is 0 Å². The number of benzene rings is 1. The van der Waals surface area contributed by atoms with Crippen LogP contribution in [0.15, 0.2) is 12.1 Å². The van der Waals surface area contributed by atoms with Crippen LogP contribution in [0.2, 0.25) is 0 Å². The van der Waals surface area contributed by atoms with Crippen molar-refractivity contribution in [3.8, 4) is 5.75 Å². The van der Waals surface area contributed by atoms with Gasteiger partial charge >= 0.3 is 0 Å². The highest BCUT2D eigenvalue weighted by Gasteiger charge is 2.14. The van der Waals surface area contributed by atoms with Gasteiger partial charge in [0.2, 0.25) is 0 Å². The van der Waals surface area contributed by atoms with Crippen molar-refractivity contribution in [3.63, 3.8) is 0 Å². The number of rotatable bonds is 2. The molecule has 1 aromatic heterocycles. The van der Waals surface area contributed by atoms with E-state index in [9.17, 15) is 10.1 Å². The van der Waals surface area contributed by atoms with Crippen LogP contribution in [0.25, 0.3) is 11.0 Å². The Hall–Kier alpha value is -2.11. The second kappa shape index (κ2) is 3.23. The third kappa shape index (κ3) is 1.50. The van der Waals surface area contributed by atoms with E-state index in [1.54, 1.807) is 6.92 Å². The Kier molecular flexibility index (Phi) is 2.03. The number of aromatic nitrogens is 2. The van der Waals surface area contributed by atoms with Gasteiger partial charge in [-0.05, 0) is 6.92 Å². The van der Waals surface area contributed by atoms with Crippen LogP contribution in [0, 0.1) is 17.0 Å². The molecule has 78 valence electrons. The van der Waals surface area contributed by atoms with Gasteiger partial charge in [-0.3, -0.25) is 10.1 Å². The van der Waals surface area contributed by atoms with Crippen molar-refractivity contribution in [2.24, 2.45) is 0 Å². The molecule has 0 bridgehead atoms. The van der Waals surface area contributed by atoms with Crippen molar-refractivity contribution < 1.29 is 9.66 Å². The monoisotopic (exact) mass is 207 g/mol. The summed E-state index contributed by atoms with van der Waals surface area (Å²) in [5, 5.41) is 10.6. The Morgan fingerprint density at radius 1 is 1.53 bits per heavy atom. The van der Waals surface area contributed by atoms with Crippen LogP contribution in [-0.2, 0) is 0 Å². The van der Waals surface area contributed by atoms with Crippen molar-refractivity contribution in [1.29, 1.82) is 0 Å². The minimum absolute atomic E-state index is 0.0111. The fraction of sp³-hybridized carbons (Fsp3) is 0.222. The van der Waals surface area contributed by atoms with Gasteiger partial charge in [0, 0.05) is 6.07 Å². The molecule has 0 spiro atoms. The zero-order chi connectivity index (χ0) is 11.0. The number of nitrogens with one attached hydrogen (secondary N) is 1. The lowest BCUT2D eigenvalue weighted by atomic mass is 10.2. The molecule has 6 heteroatoms. The molecule has 2 aromatic rings. The average Bonchev–Trinajstić information content (AvgIpc) is 2.56. The summed E-state index contributed by atoms with van der Waals surface area (Å²) in [6, 6.07) is 2.81. The quantitative estimate of drug-likeness (QED) is 0.601. The number of nitro benzene ring substituents is 1. The van der Waals surface area contributed by atoms with Crippen LogP contribution in [0.5, 0.6) is 5.75 Å². The van der Waals surface area contributed by atoms with Crippen molar-refractivity contribution in [2.45, 2.75) is 6.92 Å². The number of hydrogen-bond donors (Lipinski definition) is 1. The van der Waals surface area contributed by atoms with Gasteiger partial charge in [-0.1, -0.05) is 0 Å². The lowest BCUT2D eigenvalue weighted by molar-refractivity contribution is -0.384. The molecule has 0 saturated carbocycles. The third-order valence-electron chi connectivity index (χ3n) is 2.09. The van der Waals surface area contributed by atoms with Crippen molar-refractivity contribution in [2.75, 3.05) is 7.11 Å². The summed E-state index contributed by atoms with van der Waals surface area (Å²) < 4.78 is 5.04. The highest BCUT2D eigenvalue weighted by molar-refractivity contribution is 5.84. The lowest BCUT2D eigenvalue weighted by Crippen LogP contribution is -1.91. The number of aromatic amines is 1. The number of nitro groups is 1. The Balaban J connectivity index is 2.76. The van der Waals surface area contributed by atoms with Crippen LogP contribution in [0.1, 0.15) is 5.82 Å². The third-order valence-corrected chi connectivity index (χ3v) is 2.09. The molecule has 1 aromatic carbocycles. The number of fused-ring (bicyclic) bond motifs is 1. The predicted molar refractivity (Wildman–Crippen MR) is 54.0 cm³/mol. The van der Waals surface area contributed by atoms with E-state index in [0.717, 1.165) is 0 Å². The first-order valence-electron chi connectivity index (χ1n) is 4.30. The van der Waals surface area contributed by atoms with Crippen molar-refractivity contribution in [3.05, 3.63) is 28.1 Å². The molecule has 6 nitrogen and oxygen atoms in total. The molecule has 0 unspecified atom stereocenters. The molecular weight excluding hydrogens is 198 g/mol. The van der Waals surface area contributed by atoms with Gasteiger partial charge in [0.05, 0.1) is 23.6 Å².